The van der Waals surface area contributed by atoms with Gasteiger partial charge in [0.25, 0.3) is 0 Å². The van der Waals surface area contributed by atoms with E-state index in [1.807, 2.05) is 24.3 Å². The van der Waals surface area contributed by atoms with Crippen molar-refractivity contribution in [1.82, 2.24) is 0 Å². The highest BCUT2D eigenvalue weighted by molar-refractivity contribution is 9.11. The van der Waals surface area contributed by atoms with Crippen molar-refractivity contribution in [2.24, 2.45) is 0 Å². The lowest BCUT2D eigenvalue weighted by Gasteiger charge is -2.10. The van der Waals surface area contributed by atoms with E-state index in [4.69, 9.17) is 4.74 Å². The Kier molecular flexibility index (Phi) is 4.84. The first-order valence-electron chi connectivity index (χ1n) is 5.84. The Hall–Kier alpha value is -0.800. The first kappa shape index (κ1) is 13.6. The van der Waals surface area contributed by atoms with Gasteiger partial charge in [0, 0.05) is 8.95 Å². The van der Waals surface area contributed by atoms with Crippen molar-refractivity contribution in [2.45, 2.75) is 20.0 Å². The fourth-order valence-corrected chi connectivity index (χ4v) is 3.18. The molecule has 0 heterocycles. The second-order valence-corrected chi connectivity index (χ2v) is 5.86. The van der Waals surface area contributed by atoms with Crippen LogP contribution in [0.3, 0.4) is 0 Å². The number of rotatable bonds is 4. The molecule has 0 aliphatic heterocycles. The fourth-order valence-electron chi connectivity index (χ4n) is 1.79. The highest BCUT2D eigenvalue weighted by atomic mass is 79.9. The van der Waals surface area contributed by atoms with Gasteiger partial charge in [-0.25, -0.2) is 0 Å². The van der Waals surface area contributed by atoms with Gasteiger partial charge in [0.05, 0.1) is 0 Å². The zero-order valence-electron chi connectivity index (χ0n) is 10.1. The Morgan fingerprint density at radius 2 is 1.67 bits per heavy atom. The molecular formula is C15H14Br2O. The molecule has 2 aromatic carbocycles. The van der Waals surface area contributed by atoms with Gasteiger partial charge in [0.2, 0.25) is 0 Å². The van der Waals surface area contributed by atoms with Crippen LogP contribution < -0.4 is 4.74 Å². The molecule has 0 spiro atoms. The predicted octanol–water partition coefficient (Wildman–Crippen LogP) is 5.35. The number of para-hydroxylation sites is 1. The average molecular weight is 370 g/mol. The number of hydrogen-bond donors (Lipinski definition) is 0. The molecule has 0 atom stereocenters. The van der Waals surface area contributed by atoms with Gasteiger partial charge in [0.15, 0.2) is 0 Å². The number of halogens is 2. The van der Waals surface area contributed by atoms with E-state index in [1.54, 1.807) is 0 Å². The zero-order valence-corrected chi connectivity index (χ0v) is 13.3. The van der Waals surface area contributed by atoms with Crippen LogP contribution in [-0.4, -0.2) is 0 Å². The summed E-state index contributed by atoms with van der Waals surface area (Å²) in [5.74, 6) is 0.969. The number of ether oxygens (including phenoxy) is 1. The minimum Gasteiger partial charge on any atom is -0.489 e. The molecular weight excluding hydrogens is 356 g/mol. The predicted molar refractivity (Wildman–Crippen MR) is 82.0 cm³/mol. The maximum atomic E-state index is 5.88. The van der Waals surface area contributed by atoms with Gasteiger partial charge >= 0.3 is 0 Å². The molecule has 0 aliphatic rings. The van der Waals surface area contributed by atoms with Crippen LogP contribution in [0.1, 0.15) is 18.1 Å². The van der Waals surface area contributed by atoms with Crippen LogP contribution in [0.15, 0.2) is 51.4 Å². The number of aryl methyl sites for hydroxylation is 1. The Labute approximate surface area is 124 Å². The van der Waals surface area contributed by atoms with E-state index in [-0.39, 0.29) is 0 Å². The van der Waals surface area contributed by atoms with Gasteiger partial charge in [-0.1, -0.05) is 57.0 Å². The number of hydrogen-bond acceptors (Lipinski definition) is 1. The van der Waals surface area contributed by atoms with Crippen LogP contribution in [0.5, 0.6) is 5.75 Å². The summed E-state index contributed by atoms with van der Waals surface area (Å²) in [6.07, 6.45) is 0.984. The monoisotopic (exact) mass is 368 g/mol. The Bertz CT molecular complexity index is 518. The van der Waals surface area contributed by atoms with Crippen molar-refractivity contribution >= 4 is 31.9 Å². The molecule has 0 saturated carbocycles. The van der Waals surface area contributed by atoms with Crippen LogP contribution >= 0.6 is 31.9 Å². The van der Waals surface area contributed by atoms with Crippen molar-refractivity contribution in [3.63, 3.8) is 0 Å². The average Bonchev–Trinajstić information content (AvgIpc) is 2.35. The molecule has 0 amide bonds. The van der Waals surface area contributed by atoms with Crippen molar-refractivity contribution in [3.8, 4) is 5.75 Å². The molecule has 0 radical (unpaired) electrons. The third-order valence-electron chi connectivity index (χ3n) is 2.67. The lowest BCUT2D eigenvalue weighted by atomic mass is 10.1. The minimum absolute atomic E-state index is 0.578. The first-order chi connectivity index (χ1) is 8.69. The first-order valence-corrected chi connectivity index (χ1v) is 7.43. The second kappa shape index (κ2) is 6.39. The van der Waals surface area contributed by atoms with Crippen molar-refractivity contribution < 1.29 is 4.74 Å². The van der Waals surface area contributed by atoms with E-state index in [2.05, 4.69) is 57.0 Å². The summed E-state index contributed by atoms with van der Waals surface area (Å²) < 4.78 is 7.99. The molecule has 18 heavy (non-hydrogen) atoms. The SMILES string of the molecule is CCc1ccccc1OCc1cc(Br)cc(Br)c1. The molecule has 0 unspecified atom stereocenters. The van der Waals surface area contributed by atoms with E-state index in [1.165, 1.54) is 5.56 Å². The van der Waals surface area contributed by atoms with E-state index < -0.39 is 0 Å². The van der Waals surface area contributed by atoms with E-state index in [0.717, 1.165) is 26.7 Å². The molecule has 0 N–H and O–H groups in total. The summed E-state index contributed by atoms with van der Waals surface area (Å²) in [5, 5.41) is 0. The van der Waals surface area contributed by atoms with Crippen LogP contribution in [-0.2, 0) is 13.0 Å². The molecule has 94 valence electrons. The molecule has 0 fully saturated rings. The van der Waals surface area contributed by atoms with Crippen molar-refractivity contribution in [1.29, 1.82) is 0 Å². The van der Waals surface area contributed by atoms with Gasteiger partial charge in [0.1, 0.15) is 12.4 Å². The minimum atomic E-state index is 0.578. The Morgan fingerprint density at radius 1 is 1.00 bits per heavy atom. The van der Waals surface area contributed by atoms with E-state index in [0.29, 0.717) is 6.61 Å². The Balaban J connectivity index is 2.11. The largest absolute Gasteiger partial charge is 0.489 e. The smallest absolute Gasteiger partial charge is 0.122 e. The van der Waals surface area contributed by atoms with Crippen molar-refractivity contribution in [2.75, 3.05) is 0 Å². The quantitative estimate of drug-likeness (QED) is 0.705. The summed E-state index contributed by atoms with van der Waals surface area (Å²) in [4.78, 5) is 0. The van der Waals surface area contributed by atoms with E-state index >= 15 is 0 Å². The third-order valence-corrected chi connectivity index (χ3v) is 3.59. The molecule has 0 bridgehead atoms. The summed E-state index contributed by atoms with van der Waals surface area (Å²) >= 11 is 6.96. The molecule has 3 heteroatoms. The maximum absolute atomic E-state index is 5.88. The molecule has 2 rings (SSSR count). The molecule has 0 aliphatic carbocycles. The van der Waals surface area contributed by atoms with Gasteiger partial charge in [-0.05, 0) is 41.8 Å². The number of benzene rings is 2. The summed E-state index contributed by atoms with van der Waals surface area (Å²) in [5.41, 5.74) is 2.38. The molecule has 0 aromatic heterocycles. The van der Waals surface area contributed by atoms with Gasteiger partial charge in [-0.3, -0.25) is 0 Å². The molecule has 1 nitrogen and oxygen atoms in total. The highest BCUT2D eigenvalue weighted by Crippen LogP contribution is 2.23. The summed E-state index contributed by atoms with van der Waals surface area (Å²) in [7, 11) is 0. The maximum Gasteiger partial charge on any atom is 0.122 e. The van der Waals surface area contributed by atoms with Crippen LogP contribution in [0, 0.1) is 0 Å². The van der Waals surface area contributed by atoms with Crippen LogP contribution in [0.4, 0.5) is 0 Å². The normalized spacial score (nSPS) is 10.4. The van der Waals surface area contributed by atoms with Gasteiger partial charge in [-0.15, -0.1) is 0 Å². The fraction of sp³-hybridized carbons (Fsp3) is 0.200. The summed E-state index contributed by atoms with van der Waals surface area (Å²) in [6.45, 7) is 2.72. The zero-order chi connectivity index (χ0) is 13.0. The molecule has 2 aromatic rings. The lowest BCUT2D eigenvalue weighted by molar-refractivity contribution is 0.303. The topological polar surface area (TPSA) is 9.23 Å². The lowest BCUT2D eigenvalue weighted by Crippen LogP contribution is -1.98. The third kappa shape index (κ3) is 3.59. The Morgan fingerprint density at radius 3 is 2.33 bits per heavy atom. The van der Waals surface area contributed by atoms with Crippen LogP contribution in [0.2, 0.25) is 0 Å². The molecule has 0 saturated heterocycles. The van der Waals surface area contributed by atoms with Crippen molar-refractivity contribution in [3.05, 3.63) is 62.5 Å². The van der Waals surface area contributed by atoms with Gasteiger partial charge in [-0.2, -0.15) is 0 Å². The highest BCUT2D eigenvalue weighted by Gasteiger charge is 2.02. The second-order valence-electron chi connectivity index (χ2n) is 4.03. The van der Waals surface area contributed by atoms with Crippen LogP contribution in [0.25, 0.3) is 0 Å². The van der Waals surface area contributed by atoms with Gasteiger partial charge < -0.3 is 4.74 Å². The summed E-state index contributed by atoms with van der Waals surface area (Å²) in [6, 6.07) is 14.3. The standard InChI is InChI=1S/C15H14Br2O/c1-2-12-5-3-4-6-15(12)18-10-11-7-13(16)9-14(17)8-11/h3-9H,2,10H2,1H3. The van der Waals surface area contributed by atoms with E-state index in [9.17, 15) is 0 Å².